The van der Waals surface area contributed by atoms with Crippen molar-refractivity contribution in [3.63, 3.8) is 0 Å². The topological polar surface area (TPSA) is 114 Å². The number of sulfonamides is 1. The second-order valence-electron chi connectivity index (χ2n) is 8.09. The number of fused-ring (bicyclic) bond motifs is 1. The molecule has 11 heteroatoms. The van der Waals surface area contributed by atoms with E-state index in [0.717, 1.165) is 37.1 Å². The average Bonchev–Trinajstić information content (AvgIpc) is 2.99. The molecule has 4 rings (SSSR count). The number of nitrogens with one attached hydrogen (secondary N) is 1. The van der Waals surface area contributed by atoms with Gasteiger partial charge in [-0.2, -0.15) is 8.42 Å². The van der Waals surface area contributed by atoms with Gasteiger partial charge in [0.15, 0.2) is 0 Å². The Labute approximate surface area is 195 Å². The van der Waals surface area contributed by atoms with Crippen molar-refractivity contribution in [2.75, 3.05) is 18.9 Å². The van der Waals surface area contributed by atoms with Crippen LogP contribution in [0.4, 0.5) is 5.69 Å². The maximum atomic E-state index is 12.9. The van der Waals surface area contributed by atoms with Gasteiger partial charge in [0.2, 0.25) is 0 Å². The summed E-state index contributed by atoms with van der Waals surface area (Å²) in [6.45, 7) is 2.48. The first-order valence-electron chi connectivity index (χ1n) is 10.6. The van der Waals surface area contributed by atoms with Gasteiger partial charge in [-0.3, -0.25) is 9.59 Å². The number of carbonyl (C=O) groups is 1. The predicted octanol–water partition coefficient (Wildman–Crippen LogP) is 3.15. The molecular weight excluding hydrogens is 462 g/mol. The maximum absolute atomic E-state index is 12.9. The van der Waals surface area contributed by atoms with E-state index in [9.17, 15) is 18.0 Å². The lowest BCUT2D eigenvalue weighted by molar-refractivity contribution is 0.103. The third-order valence-electron chi connectivity index (χ3n) is 5.67. The zero-order valence-electron chi connectivity index (χ0n) is 18.7. The molecule has 0 atom stereocenters. The van der Waals surface area contributed by atoms with Gasteiger partial charge in [0.05, 0.1) is 21.5 Å². The second-order valence-corrected chi connectivity index (χ2v) is 10.7. The normalized spacial score (nSPS) is 16.2. The molecule has 1 aromatic carbocycles. The highest BCUT2D eigenvalue weighted by Gasteiger charge is 2.21. The van der Waals surface area contributed by atoms with Crippen LogP contribution in [0, 0.1) is 6.92 Å². The lowest BCUT2D eigenvalue weighted by Crippen LogP contribution is -2.26. The Morgan fingerprint density at radius 1 is 1.21 bits per heavy atom. The molecule has 2 aromatic heterocycles. The van der Waals surface area contributed by atoms with Crippen LogP contribution in [0.1, 0.15) is 40.9 Å². The van der Waals surface area contributed by atoms with Gasteiger partial charge in [-0.05, 0) is 43.5 Å². The molecule has 9 nitrogen and oxygen atoms in total. The predicted molar refractivity (Wildman–Crippen MR) is 130 cm³/mol. The number of thiophene rings is 1. The van der Waals surface area contributed by atoms with Crippen molar-refractivity contribution in [3.05, 3.63) is 51.4 Å². The number of amides is 1. The summed E-state index contributed by atoms with van der Waals surface area (Å²) in [4.78, 5) is 32.3. The number of aromatic nitrogens is 2. The Kier molecular flexibility index (Phi) is 6.35. The molecule has 174 valence electrons. The fraction of sp³-hybridized carbons (Fsp3) is 0.364. The van der Waals surface area contributed by atoms with Crippen LogP contribution in [-0.4, -0.2) is 48.2 Å². The summed E-state index contributed by atoms with van der Waals surface area (Å²) in [6, 6.07) is 6.04. The summed E-state index contributed by atoms with van der Waals surface area (Å²) in [5.41, 5.74) is 0.657. The summed E-state index contributed by atoms with van der Waals surface area (Å²) in [5.74, 6) is 0.124. The van der Waals surface area contributed by atoms with Crippen LogP contribution in [0.2, 0.25) is 0 Å². The summed E-state index contributed by atoms with van der Waals surface area (Å²) >= 11 is 1.13. The number of carbonyl (C=O) groups excluding carboxylic acids is 1. The van der Waals surface area contributed by atoms with E-state index in [2.05, 4.69) is 14.7 Å². The van der Waals surface area contributed by atoms with Crippen LogP contribution in [0.5, 0.6) is 0 Å². The molecule has 0 spiro atoms. The first-order chi connectivity index (χ1) is 15.7. The molecule has 1 aliphatic heterocycles. The number of hydrogen-bond acceptors (Lipinski definition) is 6. The molecule has 1 N–H and O–H groups in total. The number of rotatable bonds is 4. The van der Waals surface area contributed by atoms with E-state index in [4.69, 9.17) is 0 Å². The largest absolute Gasteiger partial charge is 0.362 e. The molecule has 1 saturated heterocycles. The lowest BCUT2D eigenvalue weighted by Gasteiger charge is -2.17. The summed E-state index contributed by atoms with van der Waals surface area (Å²) in [5, 5.41) is 3.15. The number of amidine groups is 1. The van der Waals surface area contributed by atoms with Gasteiger partial charge in [-0.15, -0.1) is 15.7 Å². The lowest BCUT2D eigenvalue weighted by atomic mass is 10.2. The SMILES string of the molecule is Cc1c(C(=O)Nc2cccc(S(=O)(=O)/N=C3/CCCCCN3C)c2)sc2ncn(C)c(=O)c12. The number of aryl methyl sites for hydroxylation is 2. The monoisotopic (exact) mass is 487 g/mol. The van der Waals surface area contributed by atoms with Crippen molar-refractivity contribution >= 4 is 49.0 Å². The molecule has 0 radical (unpaired) electrons. The van der Waals surface area contributed by atoms with Crippen LogP contribution in [-0.2, 0) is 17.1 Å². The molecular formula is C22H25N5O4S2. The number of anilines is 1. The van der Waals surface area contributed by atoms with E-state index in [0.29, 0.717) is 38.6 Å². The highest BCUT2D eigenvalue weighted by atomic mass is 32.2. The highest BCUT2D eigenvalue weighted by Crippen LogP contribution is 2.28. The van der Waals surface area contributed by atoms with Crippen molar-refractivity contribution in [1.29, 1.82) is 0 Å². The Balaban J connectivity index is 1.62. The fourth-order valence-electron chi connectivity index (χ4n) is 3.78. The van der Waals surface area contributed by atoms with Crippen molar-refractivity contribution in [3.8, 4) is 0 Å². The molecule has 0 bridgehead atoms. The van der Waals surface area contributed by atoms with Gasteiger partial charge < -0.3 is 14.8 Å². The molecule has 0 unspecified atom stereocenters. The van der Waals surface area contributed by atoms with Crippen LogP contribution in [0.25, 0.3) is 10.2 Å². The van der Waals surface area contributed by atoms with Gasteiger partial charge in [-0.25, -0.2) is 4.98 Å². The van der Waals surface area contributed by atoms with E-state index in [1.807, 2.05) is 11.9 Å². The molecule has 1 amide bonds. The van der Waals surface area contributed by atoms with Crippen molar-refractivity contribution < 1.29 is 13.2 Å². The van der Waals surface area contributed by atoms with Gasteiger partial charge >= 0.3 is 0 Å². The molecule has 33 heavy (non-hydrogen) atoms. The molecule has 1 fully saturated rings. The van der Waals surface area contributed by atoms with E-state index >= 15 is 0 Å². The van der Waals surface area contributed by atoms with Crippen molar-refractivity contribution in [1.82, 2.24) is 14.5 Å². The Hall–Kier alpha value is -3.05. The number of likely N-dealkylation sites (tertiary alicyclic amines) is 1. The standard InChI is InChI=1S/C22H25N5O4S2/c1-14-18-21(23-13-27(3)22(18)29)32-19(14)20(28)24-15-8-7-9-16(12-15)33(30,31)25-17-10-5-4-6-11-26(17)2/h7-9,12-13H,4-6,10-11H2,1-3H3,(H,24,28)/b25-17-. The second kappa shape index (κ2) is 9.06. The van der Waals surface area contributed by atoms with Crippen molar-refractivity contribution in [2.24, 2.45) is 11.4 Å². The van der Waals surface area contributed by atoms with Crippen LogP contribution in [0.3, 0.4) is 0 Å². The van der Waals surface area contributed by atoms with Gasteiger partial charge in [0, 0.05) is 32.7 Å². The Morgan fingerprint density at radius 3 is 2.79 bits per heavy atom. The highest BCUT2D eigenvalue weighted by molar-refractivity contribution is 7.90. The third-order valence-corrected chi connectivity index (χ3v) is 8.17. The first-order valence-corrected chi connectivity index (χ1v) is 12.8. The zero-order chi connectivity index (χ0) is 23.8. The number of benzene rings is 1. The number of hydrogen-bond donors (Lipinski definition) is 1. The fourth-order valence-corrected chi connectivity index (χ4v) is 5.96. The Morgan fingerprint density at radius 2 is 2.00 bits per heavy atom. The smallest absolute Gasteiger partial charge is 0.284 e. The van der Waals surface area contributed by atoms with Gasteiger partial charge in [0.1, 0.15) is 10.7 Å². The zero-order valence-corrected chi connectivity index (χ0v) is 20.3. The van der Waals surface area contributed by atoms with E-state index < -0.39 is 15.9 Å². The Bertz CT molecular complexity index is 1420. The summed E-state index contributed by atoms with van der Waals surface area (Å²) in [6.07, 6.45) is 5.00. The van der Waals surface area contributed by atoms with E-state index in [1.165, 1.54) is 23.0 Å². The van der Waals surface area contributed by atoms with Crippen LogP contribution >= 0.6 is 11.3 Å². The number of nitrogens with zero attached hydrogens (tertiary/aromatic N) is 4. The third kappa shape index (κ3) is 4.69. The minimum Gasteiger partial charge on any atom is -0.362 e. The van der Waals surface area contributed by atoms with Gasteiger partial charge in [0.25, 0.3) is 21.5 Å². The quantitative estimate of drug-likeness (QED) is 0.605. The van der Waals surface area contributed by atoms with E-state index in [-0.39, 0.29) is 10.5 Å². The molecule has 3 heterocycles. The summed E-state index contributed by atoms with van der Waals surface area (Å²) < 4.78 is 31.3. The van der Waals surface area contributed by atoms with E-state index in [1.54, 1.807) is 26.1 Å². The molecule has 0 saturated carbocycles. The molecule has 1 aliphatic rings. The van der Waals surface area contributed by atoms with Crippen LogP contribution in [0.15, 0.2) is 44.7 Å². The summed E-state index contributed by atoms with van der Waals surface area (Å²) in [7, 11) is -0.470. The van der Waals surface area contributed by atoms with Crippen LogP contribution < -0.4 is 10.9 Å². The maximum Gasteiger partial charge on any atom is 0.284 e. The van der Waals surface area contributed by atoms with Gasteiger partial charge in [-0.1, -0.05) is 12.5 Å². The minimum atomic E-state index is -3.93. The first kappa shape index (κ1) is 23.1. The average molecular weight is 488 g/mol. The molecule has 3 aromatic rings. The van der Waals surface area contributed by atoms with Crippen molar-refractivity contribution in [2.45, 2.75) is 37.5 Å². The minimum absolute atomic E-state index is 0.00838. The molecule has 0 aliphatic carbocycles.